The minimum Gasteiger partial charge on any atom is -0.394 e. The van der Waals surface area contributed by atoms with E-state index >= 15 is 0 Å². The predicted molar refractivity (Wildman–Crippen MR) is 158 cm³/mol. The van der Waals surface area contributed by atoms with Crippen molar-refractivity contribution in [1.29, 1.82) is 0 Å². The second kappa shape index (κ2) is 11.9. The molecular weight excluding hydrogens is 552 g/mol. The van der Waals surface area contributed by atoms with Crippen LogP contribution in [-0.2, 0) is 23.7 Å². The van der Waals surface area contributed by atoms with E-state index in [1.165, 1.54) is 25.7 Å². The number of rotatable bonds is 8. The summed E-state index contributed by atoms with van der Waals surface area (Å²) in [7, 11) is 1.77. The van der Waals surface area contributed by atoms with Gasteiger partial charge in [0.2, 0.25) is 0 Å². The van der Waals surface area contributed by atoms with Crippen molar-refractivity contribution < 1.29 is 44.2 Å². The van der Waals surface area contributed by atoms with Crippen molar-refractivity contribution in [1.82, 2.24) is 0 Å². The molecule has 0 bridgehead atoms. The van der Waals surface area contributed by atoms with E-state index in [0.717, 1.165) is 50.4 Å². The molecule has 0 aromatic rings. The lowest BCUT2D eigenvalue weighted by Crippen LogP contribution is -2.59. The fraction of sp³-hybridized carbons (Fsp3) is 0.971. The van der Waals surface area contributed by atoms with Gasteiger partial charge in [0.1, 0.15) is 30.2 Å². The second-order valence-electron chi connectivity index (χ2n) is 15.8. The van der Waals surface area contributed by atoms with Crippen LogP contribution in [-0.4, -0.2) is 89.1 Å². The molecule has 0 aromatic carbocycles. The molecule has 43 heavy (non-hydrogen) atoms. The molecule has 4 aliphatic carbocycles. The van der Waals surface area contributed by atoms with E-state index in [0.29, 0.717) is 29.0 Å². The minimum absolute atomic E-state index is 0.104. The molecule has 0 radical (unpaired) electrons. The molecule has 6 fully saturated rings. The predicted octanol–water partition coefficient (Wildman–Crippen LogP) is 3.43. The molecule has 0 aromatic heterocycles. The molecule has 16 atom stereocenters. The van der Waals surface area contributed by atoms with Crippen LogP contribution in [0, 0.1) is 52.3 Å². The van der Waals surface area contributed by atoms with Gasteiger partial charge in [-0.25, -0.2) is 0 Å². The van der Waals surface area contributed by atoms with Crippen LogP contribution in [0.3, 0.4) is 0 Å². The van der Waals surface area contributed by atoms with Crippen LogP contribution in [0.4, 0.5) is 0 Å². The summed E-state index contributed by atoms with van der Waals surface area (Å²) in [6.45, 7) is 9.27. The van der Waals surface area contributed by atoms with Crippen LogP contribution >= 0.6 is 0 Å². The molecule has 0 unspecified atom stereocenters. The number of ketones is 1. The number of Topliss-reactive ketones (excluding diaryl/α,β-unsaturated/α-hetero) is 1. The summed E-state index contributed by atoms with van der Waals surface area (Å²) in [5, 5.41) is 39.9. The Hall–Kier alpha value is -0.650. The maximum Gasteiger partial charge on any atom is 0.186 e. The number of ether oxygens (including phenoxy) is 4. The Labute approximate surface area is 257 Å². The van der Waals surface area contributed by atoms with Gasteiger partial charge in [-0.2, -0.15) is 0 Å². The SMILES string of the molecule is CO[C@]1(CC[C@H](C)CO[C@@H]2O[C@H](CO)[C@@H](O)[C@H](O)[C@H]2O)O[C@H]2C[C@H]3[C@@H]4CC[C@H]5CC(=O)CC[C@]5(C)[C@H]4CC[C@]3(C)[C@H]2[C@@H]1C. The number of aliphatic hydroxyl groups is 4. The largest absolute Gasteiger partial charge is 0.394 e. The zero-order valence-corrected chi connectivity index (χ0v) is 26.8. The molecule has 9 nitrogen and oxygen atoms in total. The summed E-state index contributed by atoms with van der Waals surface area (Å²) in [6.07, 6.45) is 4.09. The third-order valence-corrected chi connectivity index (χ3v) is 13.9. The first-order valence-electron chi connectivity index (χ1n) is 17.0. The van der Waals surface area contributed by atoms with Crippen LogP contribution in [0.15, 0.2) is 0 Å². The summed E-state index contributed by atoms with van der Waals surface area (Å²) >= 11 is 0. The molecule has 246 valence electrons. The van der Waals surface area contributed by atoms with Crippen molar-refractivity contribution in [3.05, 3.63) is 0 Å². The van der Waals surface area contributed by atoms with Gasteiger partial charge < -0.3 is 39.4 Å². The maximum absolute atomic E-state index is 12.3. The average molecular weight is 609 g/mol. The molecule has 4 saturated carbocycles. The number of fused-ring (bicyclic) bond motifs is 7. The molecule has 6 aliphatic rings. The van der Waals surface area contributed by atoms with E-state index in [9.17, 15) is 25.2 Å². The van der Waals surface area contributed by atoms with Gasteiger partial charge in [0.15, 0.2) is 12.1 Å². The Morgan fingerprint density at radius 1 is 1.02 bits per heavy atom. The molecule has 6 rings (SSSR count). The molecular formula is C34H56O9. The van der Waals surface area contributed by atoms with Crippen LogP contribution in [0.2, 0.25) is 0 Å². The van der Waals surface area contributed by atoms with Crippen molar-refractivity contribution in [2.75, 3.05) is 20.3 Å². The fourth-order valence-electron chi connectivity index (χ4n) is 11.3. The molecule has 0 spiro atoms. The zero-order valence-electron chi connectivity index (χ0n) is 26.8. The number of hydrogen-bond donors (Lipinski definition) is 4. The molecule has 9 heteroatoms. The van der Waals surface area contributed by atoms with Crippen LogP contribution in [0.5, 0.6) is 0 Å². The number of hydrogen-bond acceptors (Lipinski definition) is 9. The highest BCUT2D eigenvalue weighted by Gasteiger charge is 2.68. The quantitative estimate of drug-likeness (QED) is 0.327. The average Bonchev–Trinajstić information content (AvgIpc) is 3.44. The Kier molecular flexibility index (Phi) is 8.91. The van der Waals surface area contributed by atoms with E-state index in [-0.39, 0.29) is 30.0 Å². The van der Waals surface area contributed by atoms with Crippen molar-refractivity contribution in [2.24, 2.45) is 52.3 Å². The van der Waals surface area contributed by atoms with Crippen molar-refractivity contribution >= 4 is 5.78 Å². The Morgan fingerprint density at radius 2 is 1.79 bits per heavy atom. The van der Waals surface area contributed by atoms with Gasteiger partial charge in [0, 0.05) is 32.3 Å². The Morgan fingerprint density at radius 3 is 2.51 bits per heavy atom. The van der Waals surface area contributed by atoms with Gasteiger partial charge in [-0.3, -0.25) is 4.79 Å². The van der Waals surface area contributed by atoms with Gasteiger partial charge in [0.25, 0.3) is 0 Å². The van der Waals surface area contributed by atoms with E-state index in [2.05, 4.69) is 27.7 Å². The van der Waals surface area contributed by atoms with Gasteiger partial charge in [-0.05, 0) is 91.3 Å². The summed E-state index contributed by atoms with van der Waals surface area (Å²) in [6, 6.07) is 0. The first-order valence-corrected chi connectivity index (χ1v) is 17.0. The molecule has 0 amide bonds. The molecule has 2 aliphatic heterocycles. The van der Waals surface area contributed by atoms with E-state index in [1.807, 2.05) is 0 Å². The number of methoxy groups -OCH3 is 1. The van der Waals surface area contributed by atoms with E-state index in [4.69, 9.17) is 18.9 Å². The minimum atomic E-state index is -1.44. The lowest BCUT2D eigenvalue weighted by molar-refractivity contribution is -0.303. The van der Waals surface area contributed by atoms with Crippen molar-refractivity contribution in [3.8, 4) is 0 Å². The van der Waals surface area contributed by atoms with Crippen molar-refractivity contribution in [2.45, 2.75) is 135 Å². The highest BCUT2D eigenvalue weighted by molar-refractivity contribution is 5.79. The monoisotopic (exact) mass is 608 g/mol. The smallest absolute Gasteiger partial charge is 0.186 e. The lowest BCUT2D eigenvalue weighted by atomic mass is 9.44. The third-order valence-electron chi connectivity index (χ3n) is 13.9. The number of carbonyl (C=O) groups is 1. The number of carbonyl (C=O) groups excluding carboxylic acids is 1. The van der Waals surface area contributed by atoms with Gasteiger partial charge in [-0.1, -0.05) is 27.7 Å². The Bertz CT molecular complexity index is 1020. The normalized spacial score (nSPS) is 53.6. The highest BCUT2D eigenvalue weighted by Crippen LogP contribution is 2.71. The first kappa shape index (κ1) is 32.3. The Balaban J connectivity index is 1.08. The molecule has 2 heterocycles. The van der Waals surface area contributed by atoms with Gasteiger partial charge in [-0.15, -0.1) is 0 Å². The highest BCUT2D eigenvalue weighted by atomic mass is 16.7. The van der Waals surface area contributed by atoms with E-state index < -0.39 is 43.1 Å². The lowest BCUT2D eigenvalue weighted by Gasteiger charge is -2.60. The maximum atomic E-state index is 12.3. The van der Waals surface area contributed by atoms with Crippen LogP contribution in [0.25, 0.3) is 0 Å². The molecule has 4 N–H and O–H groups in total. The van der Waals surface area contributed by atoms with Crippen molar-refractivity contribution in [3.63, 3.8) is 0 Å². The zero-order chi connectivity index (χ0) is 30.9. The topological polar surface area (TPSA) is 135 Å². The summed E-state index contributed by atoms with van der Waals surface area (Å²) in [4.78, 5) is 12.3. The van der Waals surface area contributed by atoms with Crippen LogP contribution < -0.4 is 0 Å². The second-order valence-corrected chi connectivity index (χ2v) is 15.8. The third kappa shape index (κ3) is 5.16. The number of aliphatic hydroxyl groups excluding tert-OH is 4. The van der Waals surface area contributed by atoms with E-state index in [1.54, 1.807) is 7.11 Å². The first-order chi connectivity index (χ1) is 20.4. The summed E-state index contributed by atoms with van der Waals surface area (Å²) < 4.78 is 24.6. The standard InChI is InChI=1S/C34H56O9/c1-18(17-41-31-30(39)29(38)28(37)26(16-35)42-31)8-13-34(40-5)19(2)27-25(43-34)15-24-22-7-6-20-14-21(36)9-11-32(20,3)23(22)10-12-33(24,27)4/h18-20,22-31,35,37-39H,6-17H2,1-5H3/t18-,19-,20-,22+,23-,24-,25-,26+,27-,28+,29-,30+,31+,32-,33-,34+/m0/s1. The summed E-state index contributed by atoms with van der Waals surface area (Å²) in [5.74, 6) is 3.34. The molecule has 2 saturated heterocycles. The van der Waals surface area contributed by atoms with Crippen LogP contribution in [0.1, 0.15) is 91.9 Å². The fourth-order valence-corrected chi connectivity index (χ4v) is 11.3. The summed E-state index contributed by atoms with van der Waals surface area (Å²) in [5.41, 5.74) is 0.545. The van der Waals surface area contributed by atoms with Gasteiger partial charge in [0.05, 0.1) is 19.3 Å². The van der Waals surface area contributed by atoms with Gasteiger partial charge >= 0.3 is 0 Å².